The average molecular weight is 493 g/mol. The Bertz CT molecular complexity index is 1220. The van der Waals surface area contributed by atoms with E-state index in [0.29, 0.717) is 23.4 Å². The monoisotopic (exact) mass is 492 g/mol. The molecule has 5 rings (SSSR count). The van der Waals surface area contributed by atoms with Gasteiger partial charge in [0.1, 0.15) is 11.5 Å². The summed E-state index contributed by atoms with van der Waals surface area (Å²) in [5, 5.41) is 8.42. The van der Waals surface area contributed by atoms with Crippen LogP contribution in [0.15, 0.2) is 58.8 Å². The first-order valence-corrected chi connectivity index (χ1v) is 12.0. The molecule has 2 unspecified atom stereocenters. The van der Waals surface area contributed by atoms with E-state index in [4.69, 9.17) is 35.9 Å². The lowest BCUT2D eigenvalue weighted by Gasteiger charge is -2.38. The van der Waals surface area contributed by atoms with Crippen LogP contribution >= 0.6 is 12.2 Å². The molecule has 182 valence electrons. The van der Waals surface area contributed by atoms with Gasteiger partial charge in [-0.05, 0) is 73.9 Å². The molecular weight excluding hydrogens is 464 g/mol. The lowest BCUT2D eigenvalue weighted by Crippen LogP contribution is -2.48. The van der Waals surface area contributed by atoms with Crippen LogP contribution in [-0.2, 0) is 4.74 Å². The molecule has 35 heavy (non-hydrogen) atoms. The number of nitrogens with zero attached hydrogens (tertiary/aromatic N) is 3. The smallest absolute Gasteiger partial charge is 0.258 e. The van der Waals surface area contributed by atoms with Gasteiger partial charge in [-0.1, -0.05) is 17.3 Å². The van der Waals surface area contributed by atoms with Gasteiger partial charge in [0.15, 0.2) is 5.11 Å². The van der Waals surface area contributed by atoms with Gasteiger partial charge < -0.3 is 29.0 Å². The lowest BCUT2D eigenvalue weighted by atomic mass is 9.94. The molecule has 1 saturated heterocycles. The van der Waals surface area contributed by atoms with Gasteiger partial charge in [0.2, 0.25) is 5.82 Å². The van der Waals surface area contributed by atoms with Gasteiger partial charge >= 0.3 is 0 Å². The van der Waals surface area contributed by atoms with E-state index in [-0.39, 0.29) is 12.1 Å². The van der Waals surface area contributed by atoms with E-state index in [1.54, 1.807) is 14.2 Å². The summed E-state index contributed by atoms with van der Waals surface area (Å²) in [5.41, 5.74) is 3.71. The number of hydrogen-bond acceptors (Lipinski definition) is 7. The van der Waals surface area contributed by atoms with Crippen LogP contribution in [0.25, 0.3) is 17.0 Å². The predicted octanol–water partition coefficient (Wildman–Crippen LogP) is 4.60. The second-order valence-corrected chi connectivity index (χ2v) is 8.94. The third kappa shape index (κ3) is 4.74. The van der Waals surface area contributed by atoms with E-state index in [1.807, 2.05) is 55.5 Å². The van der Waals surface area contributed by atoms with E-state index >= 15 is 0 Å². The molecule has 2 aliphatic heterocycles. The first-order valence-electron chi connectivity index (χ1n) is 11.6. The number of rotatable bonds is 7. The number of allylic oxidation sites excluding steroid dienone is 1. The maximum atomic E-state index is 5.88. The molecule has 2 atom stereocenters. The number of methoxy groups -OCH3 is 2. The molecule has 0 radical (unpaired) electrons. The van der Waals surface area contributed by atoms with Crippen LogP contribution < -0.4 is 14.8 Å². The molecule has 0 spiro atoms. The molecule has 2 aliphatic rings. The molecular formula is C26H28N4O4S. The van der Waals surface area contributed by atoms with Gasteiger partial charge in [-0.25, -0.2) is 0 Å². The fourth-order valence-electron chi connectivity index (χ4n) is 4.51. The molecule has 0 bridgehead atoms. The Morgan fingerprint density at radius 3 is 2.37 bits per heavy atom. The Kier molecular flexibility index (Phi) is 6.70. The highest BCUT2D eigenvalue weighted by Crippen LogP contribution is 2.38. The molecule has 1 aromatic heterocycles. The fraction of sp³-hybridized carbons (Fsp3) is 0.346. The minimum Gasteiger partial charge on any atom is -0.497 e. The highest BCUT2D eigenvalue weighted by Gasteiger charge is 2.35. The van der Waals surface area contributed by atoms with Crippen molar-refractivity contribution in [2.24, 2.45) is 0 Å². The minimum atomic E-state index is -0.252. The molecule has 1 fully saturated rings. The SMILES string of the molecule is COc1ccc(-c2noc(C3=C(C)N(CC4CCCO4)C(=S)NC3c3ccc(OC)cc3)n2)cc1. The van der Waals surface area contributed by atoms with Gasteiger partial charge in [-0.15, -0.1) is 0 Å². The Labute approximate surface area is 209 Å². The van der Waals surface area contributed by atoms with Crippen molar-refractivity contribution >= 4 is 22.9 Å². The zero-order valence-electron chi connectivity index (χ0n) is 20.0. The maximum Gasteiger partial charge on any atom is 0.258 e. The Morgan fingerprint density at radius 1 is 1.06 bits per heavy atom. The van der Waals surface area contributed by atoms with Crippen molar-refractivity contribution in [3.8, 4) is 22.9 Å². The summed E-state index contributed by atoms with van der Waals surface area (Å²) >= 11 is 5.79. The number of hydrogen-bond donors (Lipinski definition) is 1. The topological polar surface area (TPSA) is 81.9 Å². The van der Waals surface area contributed by atoms with Crippen LogP contribution in [0.3, 0.4) is 0 Å². The standard InChI is InChI=1S/C26H28N4O4S/c1-16-22(25-28-24(29-34-25)18-8-12-20(32-3)13-9-18)23(17-6-10-19(31-2)11-7-17)27-26(35)30(16)15-21-5-4-14-33-21/h6-13,21,23H,4-5,14-15H2,1-3H3,(H,27,35). The zero-order valence-corrected chi connectivity index (χ0v) is 20.8. The Hall–Kier alpha value is -3.43. The number of aromatic nitrogens is 2. The molecule has 0 aliphatic carbocycles. The lowest BCUT2D eigenvalue weighted by molar-refractivity contribution is 0.0962. The highest BCUT2D eigenvalue weighted by molar-refractivity contribution is 7.80. The quantitative estimate of drug-likeness (QED) is 0.476. The van der Waals surface area contributed by atoms with Crippen molar-refractivity contribution in [2.75, 3.05) is 27.4 Å². The highest BCUT2D eigenvalue weighted by atomic mass is 32.1. The summed E-state index contributed by atoms with van der Waals surface area (Å²) in [6.45, 7) is 3.51. The van der Waals surface area contributed by atoms with E-state index in [9.17, 15) is 0 Å². The van der Waals surface area contributed by atoms with Crippen LogP contribution in [0.5, 0.6) is 11.5 Å². The zero-order chi connectivity index (χ0) is 24.4. The van der Waals surface area contributed by atoms with E-state index in [1.165, 1.54) is 0 Å². The summed E-state index contributed by atoms with van der Waals surface area (Å²) in [6, 6.07) is 15.2. The summed E-state index contributed by atoms with van der Waals surface area (Å²) < 4.78 is 22.3. The van der Waals surface area contributed by atoms with Crippen molar-refractivity contribution in [3.63, 3.8) is 0 Å². The molecule has 3 aromatic rings. The summed E-state index contributed by atoms with van der Waals surface area (Å²) in [5.74, 6) is 2.51. The van der Waals surface area contributed by atoms with E-state index in [0.717, 1.165) is 53.3 Å². The normalized spacial score (nSPS) is 20.2. The first-order chi connectivity index (χ1) is 17.1. The van der Waals surface area contributed by atoms with E-state index in [2.05, 4.69) is 15.4 Å². The molecule has 9 heteroatoms. The number of ether oxygens (including phenoxy) is 3. The Morgan fingerprint density at radius 2 is 1.74 bits per heavy atom. The van der Waals surface area contributed by atoms with Crippen LogP contribution in [0.2, 0.25) is 0 Å². The second-order valence-electron chi connectivity index (χ2n) is 8.55. The average Bonchev–Trinajstić information content (AvgIpc) is 3.59. The molecule has 2 aromatic carbocycles. The van der Waals surface area contributed by atoms with Gasteiger partial charge in [-0.2, -0.15) is 4.98 Å². The van der Waals surface area contributed by atoms with Gasteiger partial charge in [0.05, 0.1) is 38.5 Å². The van der Waals surface area contributed by atoms with Crippen LogP contribution in [0, 0.1) is 0 Å². The summed E-state index contributed by atoms with van der Waals surface area (Å²) in [4.78, 5) is 6.85. The number of benzene rings is 2. The van der Waals surface area contributed by atoms with Gasteiger partial charge in [0, 0.05) is 17.9 Å². The number of thiocarbonyl (C=S) groups is 1. The van der Waals surface area contributed by atoms with Gasteiger partial charge in [0.25, 0.3) is 5.89 Å². The van der Waals surface area contributed by atoms with Gasteiger partial charge in [-0.3, -0.25) is 0 Å². The molecule has 1 N–H and O–H groups in total. The molecule has 8 nitrogen and oxygen atoms in total. The minimum absolute atomic E-state index is 0.140. The predicted molar refractivity (Wildman–Crippen MR) is 136 cm³/mol. The fourth-order valence-corrected chi connectivity index (χ4v) is 4.84. The van der Waals surface area contributed by atoms with E-state index < -0.39 is 0 Å². The molecule has 3 heterocycles. The van der Waals surface area contributed by atoms with Crippen molar-refractivity contribution in [1.29, 1.82) is 0 Å². The van der Waals surface area contributed by atoms with Crippen LogP contribution in [-0.4, -0.2) is 53.6 Å². The summed E-state index contributed by atoms with van der Waals surface area (Å²) in [6.07, 6.45) is 2.23. The van der Waals surface area contributed by atoms with Crippen molar-refractivity contribution in [1.82, 2.24) is 20.4 Å². The molecule has 0 amide bonds. The number of nitrogens with one attached hydrogen (secondary N) is 1. The van der Waals surface area contributed by atoms with Crippen molar-refractivity contribution < 1.29 is 18.7 Å². The van der Waals surface area contributed by atoms with Crippen molar-refractivity contribution in [2.45, 2.75) is 31.9 Å². The largest absolute Gasteiger partial charge is 0.497 e. The first kappa shape index (κ1) is 23.3. The third-order valence-electron chi connectivity index (χ3n) is 6.46. The van der Waals surface area contributed by atoms with Crippen molar-refractivity contribution in [3.05, 3.63) is 65.7 Å². The molecule has 0 saturated carbocycles. The van der Waals surface area contributed by atoms with Crippen LogP contribution in [0.1, 0.15) is 37.3 Å². The van der Waals surface area contributed by atoms with Crippen LogP contribution in [0.4, 0.5) is 0 Å². The second kappa shape index (κ2) is 10.1. The third-order valence-corrected chi connectivity index (χ3v) is 6.80. The summed E-state index contributed by atoms with van der Waals surface area (Å²) in [7, 11) is 3.29. The maximum absolute atomic E-state index is 5.88. The Balaban J connectivity index is 1.54.